The molecule has 0 radical (unpaired) electrons. The van der Waals surface area contributed by atoms with E-state index in [0.29, 0.717) is 25.9 Å². The largest absolute Gasteiger partial charge is 0.355 e. The fourth-order valence-corrected chi connectivity index (χ4v) is 2.42. The lowest BCUT2D eigenvalue weighted by atomic mass is 9.71. The van der Waals surface area contributed by atoms with Crippen LogP contribution in [-0.2, 0) is 4.79 Å². The molecular weight excluding hydrogens is 202 g/mol. The first-order valence-electron chi connectivity index (χ1n) is 6.06. The zero-order valence-corrected chi connectivity index (χ0v) is 9.80. The Morgan fingerprint density at radius 3 is 2.62 bits per heavy atom. The summed E-state index contributed by atoms with van der Waals surface area (Å²) in [7, 11) is 0. The van der Waals surface area contributed by atoms with Crippen LogP contribution in [0.4, 0.5) is 0 Å². The normalized spacial score (nSPS) is 18.8. The van der Waals surface area contributed by atoms with Gasteiger partial charge >= 0.3 is 0 Å². The molecule has 1 saturated carbocycles. The second-order valence-corrected chi connectivity index (χ2v) is 4.70. The molecule has 0 aliphatic heterocycles. The monoisotopic (exact) mass is 223 g/mol. The summed E-state index contributed by atoms with van der Waals surface area (Å²) in [6, 6.07) is 2.01. The highest BCUT2D eigenvalue weighted by atomic mass is 16.1. The maximum atomic E-state index is 11.7. The van der Waals surface area contributed by atoms with Crippen LogP contribution in [0.1, 0.15) is 44.9 Å². The molecule has 0 heterocycles. The third-order valence-electron chi connectivity index (χ3n) is 3.44. The molecule has 4 heteroatoms. The Bertz CT molecular complexity index is 264. The lowest BCUT2D eigenvalue weighted by molar-refractivity contribution is -0.123. The zero-order chi connectivity index (χ0) is 11.9. The second kappa shape index (κ2) is 6.49. The summed E-state index contributed by atoms with van der Waals surface area (Å²) in [5, 5.41) is 11.1. The number of nitrogens with zero attached hydrogens (tertiary/aromatic N) is 1. The molecule has 0 atom stereocenters. The molecule has 0 unspecified atom stereocenters. The molecule has 4 nitrogen and oxygen atoms in total. The van der Waals surface area contributed by atoms with Crippen LogP contribution in [0.2, 0.25) is 0 Å². The van der Waals surface area contributed by atoms with E-state index >= 15 is 0 Å². The Morgan fingerprint density at radius 1 is 1.38 bits per heavy atom. The topological polar surface area (TPSA) is 78.9 Å². The lowest BCUT2D eigenvalue weighted by Gasteiger charge is -2.35. The van der Waals surface area contributed by atoms with Crippen molar-refractivity contribution in [1.29, 1.82) is 5.26 Å². The summed E-state index contributed by atoms with van der Waals surface area (Å²) in [5.41, 5.74) is 5.83. The van der Waals surface area contributed by atoms with Crippen molar-refractivity contribution in [3.05, 3.63) is 0 Å². The third kappa shape index (κ3) is 3.82. The number of nitrogens with two attached hydrogens (primary N) is 1. The predicted molar refractivity (Wildman–Crippen MR) is 62.4 cm³/mol. The summed E-state index contributed by atoms with van der Waals surface area (Å²) in [6.45, 7) is 1.05. The lowest BCUT2D eigenvalue weighted by Crippen LogP contribution is -2.38. The maximum Gasteiger partial charge on any atom is 0.220 e. The van der Waals surface area contributed by atoms with Crippen LogP contribution in [0.25, 0.3) is 0 Å². The minimum atomic E-state index is 0.0228. The van der Waals surface area contributed by atoms with Gasteiger partial charge in [-0.05, 0) is 24.8 Å². The molecule has 0 bridgehead atoms. The van der Waals surface area contributed by atoms with Gasteiger partial charge < -0.3 is 11.1 Å². The molecular formula is C12H21N3O. The van der Waals surface area contributed by atoms with Gasteiger partial charge in [0.25, 0.3) is 0 Å². The Balaban J connectivity index is 2.37. The van der Waals surface area contributed by atoms with Crippen LogP contribution in [0.5, 0.6) is 0 Å². The molecule has 0 aromatic heterocycles. The highest BCUT2D eigenvalue weighted by molar-refractivity contribution is 5.76. The molecule has 0 saturated heterocycles. The van der Waals surface area contributed by atoms with E-state index < -0.39 is 0 Å². The molecule has 1 rings (SSSR count). The standard InChI is InChI=1S/C12H21N3O/c13-7-4-8-15-11(16)9-12(10-14)5-2-1-3-6-12/h1-6,8-10,14H2,(H,15,16). The molecule has 3 N–H and O–H groups in total. The Kier molecular flexibility index (Phi) is 5.27. The Morgan fingerprint density at radius 2 is 2.06 bits per heavy atom. The van der Waals surface area contributed by atoms with E-state index in [1.165, 1.54) is 19.3 Å². The summed E-state index contributed by atoms with van der Waals surface area (Å²) in [5.74, 6) is 0.0441. The predicted octanol–water partition coefficient (Wildman–Crippen LogP) is 1.32. The Labute approximate surface area is 97.2 Å². The highest BCUT2D eigenvalue weighted by Gasteiger charge is 2.32. The van der Waals surface area contributed by atoms with Gasteiger partial charge in [0.1, 0.15) is 0 Å². The Hall–Kier alpha value is -1.08. The van der Waals surface area contributed by atoms with Gasteiger partial charge in [0.2, 0.25) is 5.91 Å². The van der Waals surface area contributed by atoms with Crippen LogP contribution in [0, 0.1) is 16.7 Å². The van der Waals surface area contributed by atoms with E-state index in [1.54, 1.807) is 0 Å². The average Bonchev–Trinajstić information content (AvgIpc) is 2.30. The molecule has 1 aliphatic carbocycles. The fraction of sp³-hybridized carbons (Fsp3) is 0.833. The number of carbonyl (C=O) groups is 1. The van der Waals surface area contributed by atoms with Crippen molar-refractivity contribution >= 4 is 5.91 Å². The van der Waals surface area contributed by atoms with E-state index in [9.17, 15) is 4.79 Å². The van der Waals surface area contributed by atoms with Crippen LogP contribution >= 0.6 is 0 Å². The molecule has 90 valence electrons. The van der Waals surface area contributed by atoms with Crippen molar-refractivity contribution < 1.29 is 4.79 Å². The van der Waals surface area contributed by atoms with Crippen molar-refractivity contribution in [2.45, 2.75) is 44.9 Å². The van der Waals surface area contributed by atoms with Crippen molar-refractivity contribution in [2.75, 3.05) is 13.1 Å². The number of hydrogen-bond acceptors (Lipinski definition) is 3. The molecule has 16 heavy (non-hydrogen) atoms. The number of carbonyl (C=O) groups excluding carboxylic acids is 1. The molecule has 1 amide bonds. The van der Waals surface area contributed by atoms with Crippen LogP contribution in [-0.4, -0.2) is 19.0 Å². The number of nitrogens with one attached hydrogen (secondary N) is 1. The van der Waals surface area contributed by atoms with Crippen molar-refractivity contribution in [2.24, 2.45) is 11.1 Å². The van der Waals surface area contributed by atoms with E-state index in [2.05, 4.69) is 5.32 Å². The van der Waals surface area contributed by atoms with Crippen LogP contribution in [0.15, 0.2) is 0 Å². The minimum Gasteiger partial charge on any atom is -0.355 e. The first-order chi connectivity index (χ1) is 7.72. The molecule has 0 aromatic carbocycles. The van der Waals surface area contributed by atoms with Crippen molar-refractivity contribution in [1.82, 2.24) is 5.32 Å². The highest BCUT2D eigenvalue weighted by Crippen LogP contribution is 2.38. The number of rotatable bonds is 5. The molecule has 0 spiro atoms. The van der Waals surface area contributed by atoms with Crippen LogP contribution < -0.4 is 11.1 Å². The van der Waals surface area contributed by atoms with Gasteiger partial charge in [-0.15, -0.1) is 0 Å². The van der Waals surface area contributed by atoms with Gasteiger partial charge in [0.05, 0.1) is 12.5 Å². The number of hydrogen-bond donors (Lipinski definition) is 2. The summed E-state index contributed by atoms with van der Waals surface area (Å²) in [6.07, 6.45) is 6.66. The second-order valence-electron chi connectivity index (χ2n) is 4.70. The molecule has 0 aromatic rings. The fourth-order valence-electron chi connectivity index (χ4n) is 2.42. The SMILES string of the molecule is N#CCCNC(=O)CC1(CN)CCCCC1. The van der Waals surface area contributed by atoms with Crippen LogP contribution in [0.3, 0.4) is 0 Å². The average molecular weight is 223 g/mol. The van der Waals surface area contributed by atoms with E-state index in [4.69, 9.17) is 11.0 Å². The van der Waals surface area contributed by atoms with Gasteiger partial charge in [0, 0.05) is 13.0 Å². The first kappa shape index (κ1) is 13.0. The van der Waals surface area contributed by atoms with Gasteiger partial charge in [-0.3, -0.25) is 4.79 Å². The molecule has 1 aliphatic rings. The smallest absolute Gasteiger partial charge is 0.220 e. The van der Waals surface area contributed by atoms with Crippen molar-refractivity contribution in [3.63, 3.8) is 0 Å². The summed E-state index contributed by atoms with van der Waals surface area (Å²) < 4.78 is 0. The van der Waals surface area contributed by atoms with E-state index in [0.717, 1.165) is 12.8 Å². The van der Waals surface area contributed by atoms with E-state index in [1.807, 2.05) is 6.07 Å². The quantitative estimate of drug-likeness (QED) is 0.690. The van der Waals surface area contributed by atoms with Gasteiger partial charge in [-0.1, -0.05) is 19.3 Å². The summed E-state index contributed by atoms with van der Waals surface area (Å²) in [4.78, 5) is 11.7. The van der Waals surface area contributed by atoms with Gasteiger partial charge in [-0.2, -0.15) is 5.26 Å². The first-order valence-corrected chi connectivity index (χ1v) is 6.06. The van der Waals surface area contributed by atoms with E-state index in [-0.39, 0.29) is 11.3 Å². The van der Waals surface area contributed by atoms with Crippen molar-refractivity contribution in [3.8, 4) is 6.07 Å². The van der Waals surface area contributed by atoms with Gasteiger partial charge in [0.15, 0.2) is 0 Å². The molecule has 1 fully saturated rings. The third-order valence-corrected chi connectivity index (χ3v) is 3.44. The van der Waals surface area contributed by atoms with Gasteiger partial charge in [-0.25, -0.2) is 0 Å². The zero-order valence-electron chi connectivity index (χ0n) is 9.80. The summed E-state index contributed by atoms with van der Waals surface area (Å²) >= 11 is 0. The number of amides is 1. The number of nitriles is 1. The maximum absolute atomic E-state index is 11.7. The minimum absolute atomic E-state index is 0.0228.